The highest BCUT2D eigenvalue weighted by molar-refractivity contribution is 7.13. The SMILES string of the molecule is CCNC(=NCC(C)Oc1cccc(OC)c1)NCCc1csc(N2CCCC2)n1. The first-order chi connectivity index (χ1) is 14.7. The van der Waals surface area contributed by atoms with Crippen LogP contribution in [0.4, 0.5) is 5.13 Å². The molecule has 0 bridgehead atoms. The number of methoxy groups -OCH3 is 1. The molecular weight excluding hydrogens is 398 g/mol. The summed E-state index contributed by atoms with van der Waals surface area (Å²) in [5.74, 6) is 2.37. The number of hydrogen-bond acceptors (Lipinski definition) is 6. The third-order valence-electron chi connectivity index (χ3n) is 4.82. The molecule has 1 unspecified atom stereocenters. The minimum atomic E-state index is -0.0471. The normalized spacial score (nSPS) is 15.2. The number of anilines is 1. The van der Waals surface area contributed by atoms with E-state index in [1.165, 1.54) is 12.8 Å². The molecule has 30 heavy (non-hydrogen) atoms. The maximum atomic E-state index is 5.95. The van der Waals surface area contributed by atoms with Gasteiger partial charge in [-0.1, -0.05) is 6.07 Å². The summed E-state index contributed by atoms with van der Waals surface area (Å²) in [5, 5.41) is 10.0. The van der Waals surface area contributed by atoms with Crippen LogP contribution in [0.15, 0.2) is 34.6 Å². The van der Waals surface area contributed by atoms with Crippen molar-refractivity contribution in [1.82, 2.24) is 15.6 Å². The molecule has 8 heteroatoms. The lowest BCUT2D eigenvalue weighted by Crippen LogP contribution is -2.39. The summed E-state index contributed by atoms with van der Waals surface area (Å²) in [4.78, 5) is 11.8. The van der Waals surface area contributed by atoms with Crippen molar-refractivity contribution in [1.29, 1.82) is 0 Å². The molecule has 2 aromatic rings. The Morgan fingerprint density at radius 3 is 2.83 bits per heavy atom. The molecule has 0 spiro atoms. The Kier molecular flexibility index (Phi) is 8.62. The summed E-state index contributed by atoms with van der Waals surface area (Å²) in [5.41, 5.74) is 1.14. The topological polar surface area (TPSA) is 71.0 Å². The molecule has 164 valence electrons. The Morgan fingerprint density at radius 1 is 1.27 bits per heavy atom. The van der Waals surface area contributed by atoms with Gasteiger partial charge in [0, 0.05) is 44.0 Å². The second-order valence-electron chi connectivity index (χ2n) is 7.32. The van der Waals surface area contributed by atoms with E-state index in [-0.39, 0.29) is 6.10 Å². The smallest absolute Gasteiger partial charge is 0.191 e. The first kappa shape index (κ1) is 22.2. The number of thiazole rings is 1. The van der Waals surface area contributed by atoms with Crippen molar-refractivity contribution >= 4 is 22.4 Å². The van der Waals surface area contributed by atoms with Gasteiger partial charge in [0.2, 0.25) is 0 Å². The van der Waals surface area contributed by atoms with E-state index in [1.807, 2.05) is 31.2 Å². The van der Waals surface area contributed by atoms with E-state index in [0.29, 0.717) is 6.54 Å². The number of benzene rings is 1. The van der Waals surface area contributed by atoms with Gasteiger partial charge in [0.15, 0.2) is 11.1 Å². The molecule has 1 aromatic heterocycles. The maximum Gasteiger partial charge on any atom is 0.191 e. The standard InChI is InChI=1S/C22H33N5O2S/c1-4-23-21(25-15-17(2)29-20-9-7-8-19(14-20)28-3)24-11-10-18-16-30-22(26-18)27-12-5-6-13-27/h7-9,14,16-17H,4-6,10-13,15H2,1-3H3,(H2,23,24,25). The molecule has 3 rings (SSSR count). The van der Waals surface area contributed by atoms with Crippen LogP contribution in [-0.4, -0.2) is 56.9 Å². The maximum absolute atomic E-state index is 5.95. The highest BCUT2D eigenvalue weighted by Gasteiger charge is 2.15. The van der Waals surface area contributed by atoms with E-state index in [0.717, 1.165) is 60.9 Å². The first-order valence-electron chi connectivity index (χ1n) is 10.7. The fourth-order valence-electron chi connectivity index (χ4n) is 3.28. The molecule has 1 saturated heterocycles. The minimum Gasteiger partial charge on any atom is -0.497 e. The van der Waals surface area contributed by atoms with Gasteiger partial charge in [-0.15, -0.1) is 11.3 Å². The number of nitrogens with one attached hydrogen (secondary N) is 2. The summed E-state index contributed by atoms with van der Waals surface area (Å²) in [6.07, 6.45) is 3.39. The first-order valence-corrected chi connectivity index (χ1v) is 11.6. The largest absolute Gasteiger partial charge is 0.497 e. The van der Waals surface area contributed by atoms with Gasteiger partial charge >= 0.3 is 0 Å². The van der Waals surface area contributed by atoms with Crippen LogP contribution in [0.3, 0.4) is 0 Å². The van der Waals surface area contributed by atoms with Crippen LogP contribution in [0.5, 0.6) is 11.5 Å². The highest BCUT2D eigenvalue weighted by atomic mass is 32.1. The number of aliphatic imine (C=N–C) groups is 1. The third kappa shape index (κ3) is 6.79. The van der Waals surface area contributed by atoms with Crippen LogP contribution in [0.25, 0.3) is 0 Å². The van der Waals surface area contributed by atoms with Gasteiger partial charge in [-0.25, -0.2) is 9.98 Å². The fraction of sp³-hybridized carbons (Fsp3) is 0.545. The van der Waals surface area contributed by atoms with Gasteiger partial charge in [0.05, 0.1) is 19.3 Å². The molecule has 1 aliphatic rings. The quantitative estimate of drug-likeness (QED) is 0.444. The molecule has 0 aliphatic carbocycles. The summed E-state index contributed by atoms with van der Waals surface area (Å²) in [6.45, 7) is 8.52. The van der Waals surface area contributed by atoms with Crippen molar-refractivity contribution in [2.24, 2.45) is 4.99 Å². The van der Waals surface area contributed by atoms with Crippen molar-refractivity contribution < 1.29 is 9.47 Å². The molecule has 2 heterocycles. The van der Waals surface area contributed by atoms with Crippen molar-refractivity contribution in [3.63, 3.8) is 0 Å². The molecule has 1 aliphatic heterocycles. The van der Waals surface area contributed by atoms with E-state index in [2.05, 4.69) is 32.8 Å². The lowest BCUT2D eigenvalue weighted by Gasteiger charge is -2.15. The summed E-state index contributed by atoms with van der Waals surface area (Å²) in [7, 11) is 1.65. The number of guanidine groups is 1. The second kappa shape index (κ2) is 11.6. The van der Waals surface area contributed by atoms with E-state index in [4.69, 9.17) is 14.5 Å². The Bertz CT molecular complexity index is 804. The van der Waals surface area contributed by atoms with Gasteiger partial charge in [0.1, 0.15) is 17.6 Å². The molecule has 1 fully saturated rings. The molecule has 7 nitrogen and oxygen atoms in total. The number of aromatic nitrogens is 1. The zero-order valence-corrected chi connectivity index (χ0v) is 19.0. The van der Waals surface area contributed by atoms with Crippen LogP contribution >= 0.6 is 11.3 Å². The Balaban J connectivity index is 1.45. The van der Waals surface area contributed by atoms with Crippen LogP contribution in [-0.2, 0) is 6.42 Å². The Hall–Kier alpha value is -2.48. The van der Waals surface area contributed by atoms with Crippen LogP contribution < -0.4 is 25.0 Å². The van der Waals surface area contributed by atoms with E-state index in [9.17, 15) is 0 Å². The van der Waals surface area contributed by atoms with Gasteiger partial charge < -0.3 is 25.0 Å². The molecule has 0 saturated carbocycles. The Labute approximate surface area is 183 Å². The zero-order valence-electron chi connectivity index (χ0n) is 18.2. The Morgan fingerprint density at radius 2 is 2.07 bits per heavy atom. The molecular formula is C22H33N5O2S. The molecule has 1 atom stereocenters. The third-order valence-corrected chi connectivity index (χ3v) is 5.77. The molecule has 1 aromatic carbocycles. The molecule has 2 N–H and O–H groups in total. The van der Waals surface area contributed by atoms with Crippen LogP contribution in [0, 0.1) is 0 Å². The van der Waals surface area contributed by atoms with Gasteiger partial charge in [0.25, 0.3) is 0 Å². The van der Waals surface area contributed by atoms with Gasteiger partial charge in [-0.2, -0.15) is 0 Å². The molecule has 0 radical (unpaired) electrons. The summed E-state index contributed by atoms with van der Waals surface area (Å²) < 4.78 is 11.2. The fourth-order valence-corrected chi connectivity index (χ4v) is 4.19. The number of hydrogen-bond donors (Lipinski definition) is 2. The van der Waals surface area contributed by atoms with Gasteiger partial charge in [-0.3, -0.25) is 0 Å². The second-order valence-corrected chi connectivity index (χ2v) is 8.16. The van der Waals surface area contributed by atoms with E-state index in [1.54, 1.807) is 18.4 Å². The lowest BCUT2D eigenvalue weighted by molar-refractivity contribution is 0.229. The number of rotatable bonds is 10. The van der Waals surface area contributed by atoms with Crippen LogP contribution in [0.2, 0.25) is 0 Å². The minimum absolute atomic E-state index is 0.0471. The van der Waals surface area contributed by atoms with Crippen molar-refractivity contribution in [3.8, 4) is 11.5 Å². The van der Waals surface area contributed by atoms with Crippen molar-refractivity contribution in [2.75, 3.05) is 44.7 Å². The van der Waals surface area contributed by atoms with Crippen molar-refractivity contribution in [2.45, 2.75) is 39.2 Å². The van der Waals surface area contributed by atoms with Crippen LogP contribution in [0.1, 0.15) is 32.4 Å². The predicted molar refractivity (Wildman–Crippen MR) is 124 cm³/mol. The highest BCUT2D eigenvalue weighted by Crippen LogP contribution is 2.24. The zero-order chi connectivity index (χ0) is 21.2. The molecule has 0 amide bonds. The average Bonchev–Trinajstić information content (AvgIpc) is 3.44. The van der Waals surface area contributed by atoms with Gasteiger partial charge in [-0.05, 0) is 38.8 Å². The number of ether oxygens (including phenoxy) is 2. The van der Waals surface area contributed by atoms with Crippen molar-refractivity contribution in [3.05, 3.63) is 35.3 Å². The number of nitrogens with zero attached hydrogens (tertiary/aromatic N) is 3. The summed E-state index contributed by atoms with van der Waals surface area (Å²) >= 11 is 1.75. The van der Waals surface area contributed by atoms with E-state index >= 15 is 0 Å². The average molecular weight is 432 g/mol. The lowest BCUT2D eigenvalue weighted by atomic mass is 10.3. The predicted octanol–water partition coefficient (Wildman–Crippen LogP) is 3.32. The van der Waals surface area contributed by atoms with E-state index < -0.39 is 0 Å². The summed E-state index contributed by atoms with van der Waals surface area (Å²) in [6, 6.07) is 7.63. The monoisotopic (exact) mass is 431 g/mol.